The van der Waals surface area contributed by atoms with Gasteiger partial charge in [-0.05, 0) is 26.3 Å². The van der Waals surface area contributed by atoms with Crippen LogP contribution in [-0.4, -0.2) is 56.2 Å². The zero-order valence-corrected chi connectivity index (χ0v) is 10.9. The number of carbonyl (C=O) groups is 1. The molecule has 0 aromatic heterocycles. The third kappa shape index (κ3) is 3.27. The Kier molecular flexibility index (Phi) is 4.17. The van der Waals surface area contributed by atoms with E-state index in [9.17, 15) is 4.79 Å². The van der Waals surface area contributed by atoms with Crippen LogP contribution in [-0.2, 0) is 14.3 Å². The summed E-state index contributed by atoms with van der Waals surface area (Å²) >= 11 is 0. The number of likely N-dealkylation sites (tertiary alicyclic amines) is 1. The second kappa shape index (κ2) is 5.46. The molecule has 0 N–H and O–H groups in total. The molecule has 2 unspecified atom stereocenters. The molecule has 2 atom stereocenters. The molecule has 2 saturated heterocycles. The van der Waals surface area contributed by atoms with Crippen molar-refractivity contribution >= 4 is 5.78 Å². The molecule has 0 saturated carbocycles. The summed E-state index contributed by atoms with van der Waals surface area (Å²) in [6, 6.07) is 0. The molecule has 2 aliphatic rings. The number of methoxy groups -OCH3 is 1. The van der Waals surface area contributed by atoms with E-state index in [0.29, 0.717) is 25.4 Å². The van der Waals surface area contributed by atoms with E-state index in [1.165, 1.54) is 0 Å². The van der Waals surface area contributed by atoms with Gasteiger partial charge in [-0.25, -0.2) is 0 Å². The second-order valence-electron chi connectivity index (χ2n) is 5.48. The van der Waals surface area contributed by atoms with Gasteiger partial charge in [-0.15, -0.1) is 0 Å². The number of hydrogen-bond acceptors (Lipinski definition) is 4. The normalized spacial score (nSPS) is 36.1. The van der Waals surface area contributed by atoms with E-state index >= 15 is 0 Å². The van der Waals surface area contributed by atoms with Gasteiger partial charge in [-0.1, -0.05) is 0 Å². The Labute approximate surface area is 103 Å². The lowest BCUT2D eigenvalue weighted by Gasteiger charge is -2.40. The van der Waals surface area contributed by atoms with Crippen LogP contribution in [0.1, 0.15) is 26.2 Å². The van der Waals surface area contributed by atoms with Crippen molar-refractivity contribution in [1.82, 2.24) is 4.90 Å². The first-order valence-electron chi connectivity index (χ1n) is 6.51. The molecule has 4 nitrogen and oxygen atoms in total. The van der Waals surface area contributed by atoms with Crippen molar-refractivity contribution in [1.29, 1.82) is 0 Å². The predicted molar refractivity (Wildman–Crippen MR) is 65.0 cm³/mol. The molecule has 2 aliphatic heterocycles. The van der Waals surface area contributed by atoms with Crippen molar-refractivity contribution in [2.24, 2.45) is 5.92 Å². The average Bonchev–Trinajstić information content (AvgIpc) is 2.32. The summed E-state index contributed by atoms with van der Waals surface area (Å²) in [6.45, 7) is 6.18. The number of nitrogens with zero attached hydrogens (tertiary/aromatic N) is 1. The third-order valence-corrected chi connectivity index (χ3v) is 3.98. The standard InChI is InChI=1S/C13H23NO3/c1-13(16-2)5-3-6-14(10-13)8-11-9-17-7-4-12(11)15/h11H,3-10H2,1-2H3. The molecule has 0 aromatic rings. The molecule has 98 valence electrons. The summed E-state index contributed by atoms with van der Waals surface area (Å²) in [5.74, 6) is 0.434. The van der Waals surface area contributed by atoms with E-state index in [4.69, 9.17) is 9.47 Å². The van der Waals surface area contributed by atoms with Crippen LogP contribution in [0, 0.1) is 5.92 Å². The minimum absolute atomic E-state index is 0.0448. The van der Waals surface area contributed by atoms with E-state index in [2.05, 4.69) is 11.8 Å². The summed E-state index contributed by atoms with van der Waals surface area (Å²) in [5, 5.41) is 0. The fourth-order valence-electron chi connectivity index (χ4n) is 2.79. The van der Waals surface area contributed by atoms with E-state index in [-0.39, 0.29) is 11.5 Å². The molecule has 0 aromatic carbocycles. The average molecular weight is 241 g/mol. The van der Waals surface area contributed by atoms with Gasteiger partial charge in [0.05, 0.1) is 24.7 Å². The highest BCUT2D eigenvalue weighted by atomic mass is 16.5. The summed E-state index contributed by atoms with van der Waals surface area (Å²) in [7, 11) is 1.78. The van der Waals surface area contributed by atoms with Crippen molar-refractivity contribution < 1.29 is 14.3 Å². The first kappa shape index (κ1) is 13.0. The molecule has 2 heterocycles. The van der Waals surface area contributed by atoms with Crippen LogP contribution in [0.25, 0.3) is 0 Å². The van der Waals surface area contributed by atoms with Crippen LogP contribution in [0.5, 0.6) is 0 Å². The smallest absolute Gasteiger partial charge is 0.141 e. The number of Topliss-reactive ketones (excluding diaryl/α,β-unsaturated/α-hetero) is 1. The fraction of sp³-hybridized carbons (Fsp3) is 0.923. The number of piperidine rings is 1. The first-order chi connectivity index (χ1) is 8.13. The van der Waals surface area contributed by atoms with Gasteiger partial charge >= 0.3 is 0 Å². The monoisotopic (exact) mass is 241 g/mol. The number of ether oxygens (including phenoxy) is 2. The minimum Gasteiger partial charge on any atom is -0.380 e. The predicted octanol–water partition coefficient (Wildman–Crippen LogP) is 1.09. The van der Waals surface area contributed by atoms with Gasteiger partial charge in [0.15, 0.2) is 0 Å². The van der Waals surface area contributed by atoms with Crippen LogP contribution in [0.4, 0.5) is 0 Å². The van der Waals surface area contributed by atoms with Gasteiger partial charge < -0.3 is 9.47 Å². The SMILES string of the molecule is COC1(C)CCCN(CC2COCCC2=O)C1. The fourth-order valence-corrected chi connectivity index (χ4v) is 2.79. The maximum Gasteiger partial charge on any atom is 0.141 e. The van der Waals surface area contributed by atoms with Crippen molar-refractivity contribution in [3.8, 4) is 0 Å². The maximum absolute atomic E-state index is 11.8. The molecule has 4 heteroatoms. The molecule has 0 bridgehead atoms. The Bertz CT molecular complexity index is 282. The maximum atomic E-state index is 11.8. The van der Waals surface area contributed by atoms with Crippen LogP contribution in [0.15, 0.2) is 0 Å². The van der Waals surface area contributed by atoms with E-state index in [1.807, 2.05) is 0 Å². The Balaban J connectivity index is 1.87. The Hall–Kier alpha value is -0.450. The van der Waals surface area contributed by atoms with Crippen molar-refractivity contribution in [2.45, 2.75) is 31.8 Å². The largest absolute Gasteiger partial charge is 0.380 e. The second-order valence-corrected chi connectivity index (χ2v) is 5.48. The van der Waals surface area contributed by atoms with Crippen molar-refractivity contribution in [3.05, 3.63) is 0 Å². The number of rotatable bonds is 3. The van der Waals surface area contributed by atoms with Crippen molar-refractivity contribution in [3.63, 3.8) is 0 Å². The molecule has 2 rings (SSSR count). The summed E-state index contributed by atoms with van der Waals surface area (Å²) in [5.41, 5.74) is -0.0448. The van der Waals surface area contributed by atoms with Gasteiger partial charge in [0.25, 0.3) is 0 Å². The van der Waals surface area contributed by atoms with Gasteiger partial charge in [-0.2, -0.15) is 0 Å². The van der Waals surface area contributed by atoms with Gasteiger partial charge in [0.2, 0.25) is 0 Å². The molecular weight excluding hydrogens is 218 g/mol. The Morgan fingerprint density at radius 2 is 2.41 bits per heavy atom. The Morgan fingerprint density at radius 1 is 1.59 bits per heavy atom. The van der Waals surface area contributed by atoms with Gasteiger partial charge in [0.1, 0.15) is 5.78 Å². The highest BCUT2D eigenvalue weighted by Crippen LogP contribution is 2.25. The molecule has 0 spiro atoms. The van der Waals surface area contributed by atoms with Gasteiger partial charge in [-0.3, -0.25) is 9.69 Å². The molecule has 0 radical (unpaired) electrons. The van der Waals surface area contributed by atoms with Crippen molar-refractivity contribution in [2.75, 3.05) is 40.0 Å². The Morgan fingerprint density at radius 3 is 3.12 bits per heavy atom. The molecule has 2 fully saturated rings. The number of carbonyl (C=O) groups excluding carboxylic acids is 1. The molecular formula is C13H23NO3. The lowest BCUT2D eigenvalue weighted by molar-refractivity contribution is -0.132. The highest BCUT2D eigenvalue weighted by molar-refractivity contribution is 5.82. The lowest BCUT2D eigenvalue weighted by atomic mass is 9.92. The van der Waals surface area contributed by atoms with Crippen LogP contribution >= 0.6 is 0 Å². The summed E-state index contributed by atoms with van der Waals surface area (Å²) in [6.07, 6.45) is 2.83. The van der Waals surface area contributed by atoms with Crippen LogP contribution in [0.3, 0.4) is 0 Å². The number of ketones is 1. The van der Waals surface area contributed by atoms with E-state index in [0.717, 1.165) is 32.5 Å². The highest BCUT2D eigenvalue weighted by Gasteiger charge is 2.33. The zero-order valence-electron chi connectivity index (χ0n) is 10.9. The topological polar surface area (TPSA) is 38.8 Å². The zero-order chi connectivity index (χ0) is 12.3. The summed E-state index contributed by atoms with van der Waals surface area (Å²) in [4.78, 5) is 14.1. The lowest BCUT2D eigenvalue weighted by Crippen LogP contribution is -2.50. The molecule has 0 amide bonds. The van der Waals surface area contributed by atoms with Gasteiger partial charge in [0, 0.05) is 26.6 Å². The molecule has 0 aliphatic carbocycles. The quantitative estimate of drug-likeness (QED) is 0.741. The van der Waals surface area contributed by atoms with E-state index in [1.54, 1.807) is 7.11 Å². The third-order valence-electron chi connectivity index (χ3n) is 3.98. The minimum atomic E-state index is -0.0448. The first-order valence-corrected chi connectivity index (χ1v) is 6.51. The molecule has 17 heavy (non-hydrogen) atoms. The number of hydrogen-bond donors (Lipinski definition) is 0. The van der Waals surface area contributed by atoms with Crippen LogP contribution < -0.4 is 0 Å². The van der Waals surface area contributed by atoms with Crippen LogP contribution in [0.2, 0.25) is 0 Å². The van der Waals surface area contributed by atoms with E-state index < -0.39 is 0 Å². The summed E-state index contributed by atoms with van der Waals surface area (Å²) < 4.78 is 11.0.